The van der Waals surface area contributed by atoms with E-state index in [4.69, 9.17) is 10.5 Å². The maximum Gasteiger partial charge on any atom is 0.413 e. The molecule has 0 aliphatic rings. The Bertz CT molecular complexity index is 565. The first kappa shape index (κ1) is 16.5. The van der Waals surface area contributed by atoms with Gasteiger partial charge in [0.05, 0.1) is 0 Å². The minimum Gasteiger partial charge on any atom is -0.444 e. The van der Waals surface area contributed by atoms with E-state index in [1.165, 1.54) is 0 Å². The van der Waals surface area contributed by atoms with Crippen LogP contribution in [0.4, 0.5) is 16.4 Å². The van der Waals surface area contributed by atoms with Gasteiger partial charge in [0, 0.05) is 32.6 Å². The standard InChI is InChI=1S/C9H15N3O2.C4H7N3/c1-9(2,3)14-8(13)10-7-5-6-12(4)11-7;1-7-3-2-4(5)6-7/h5-6H,1-4H3,(H,10,11,13);2-3H,1H3,(H2,5,6). The monoisotopic (exact) mass is 294 g/mol. The van der Waals surface area contributed by atoms with Crippen LogP contribution in [-0.2, 0) is 18.8 Å². The molecule has 0 spiro atoms. The van der Waals surface area contributed by atoms with Gasteiger partial charge in [-0.05, 0) is 26.8 Å². The lowest BCUT2D eigenvalue weighted by Crippen LogP contribution is -2.27. The van der Waals surface area contributed by atoms with Gasteiger partial charge in [-0.3, -0.25) is 14.7 Å². The molecule has 8 heteroatoms. The van der Waals surface area contributed by atoms with E-state index in [0.29, 0.717) is 11.6 Å². The van der Waals surface area contributed by atoms with E-state index in [1.54, 1.807) is 40.9 Å². The number of nitrogens with zero attached hydrogens (tertiary/aromatic N) is 4. The van der Waals surface area contributed by atoms with Crippen LogP contribution in [0.5, 0.6) is 0 Å². The second-order valence-electron chi connectivity index (χ2n) is 5.42. The molecule has 0 saturated carbocycles. The molecular formula is C13H22N6O2. The minimum atomic E-state index is -0.490. The average Bonchev–Trinajstić information content (AvgIpc) is 2.86. The number of aromatic nitrogens is 4. The van der Waals surface area contributed by atoms with Gasteiger partial charge in [0.1, 0.15) is 11.4 Å². The molecule has 8 nitrogen and oxygen atoms in total. The van der Waals surface area contributed by atoms with Crippen LogP contribution >= 0.6 is 0 Å². The molecule has 0 aliphatic heterocycles. The number of hydrogen-bond acceptors (Lipinski definition) is 5. The number of hydrogen-bond donors (Lipinski definition) is 2. The molecule has 116 valence electrons. The van der Waals surface area contributed by atoms with Crippen LogP contribution in [0.1, 0.15) is 20.8 Å². The fraction of sp³-hybridized carbons (Fsp3) is 0.462. The topological polar surface area (TPSA) is 100.0 Å². The maximum absolute atomic E-state index is 11.3. The Morgan fingerprint density at radius 2 is 1.76 bits per heavy atom. The van der Waals surface area contributed by atoms with Gasteiger partial charge in [-0.2, -0.15) is 10.2 Å². The molecule has 0 atom stereocenters. The summed E-state index contributed by atoms with van der Waals surface area (Å²) in [6, 6.07) is 3.45. The molecule has 0 bridgehead atoms. The lowest BCUT2D eigenvalue weighted by molar-refractivity contribution is 0.0635. The summed E-state index contributed by atoms with van der Waals surface area (Å²) in [5.41, 5.74) is 4.76. The summed E-state index contributed by atoms with van der Waals surface area (Å²) in [5.74, 6) is 1.06. The molecule has 2 aromatic rings. The van der Waals surface area contributed by atoms with Gasteiger partial charge in [0.2, 0.25) is 0 Å². The fourth-order valence-electron chi connectivity index (χ4n) is 1.32. The van der Waals surface area contributed by atoms with E-state index < -0.39 is 11.7 Å². The van der Waals surface area contributed by atoms with Crippen molar-refractivity contribution in [2.45, 2.75) is 26.4 Å². The van der Waals surface area contributed by atoms with Crippen molar-refractivity contribution in [3.05, 3.63) is 24.5 Å². The number of carbonyl (C=O) groups is 1. The van der Waals surface area contributed by atoms with E-state index in [2.05, 4.69) is 15.5 Å². The average molecular weight is 294 g/mol. The van der Waals surface area contributed by atoms with Crippen LogP contribution in [0, 0.1) is 0 Å². The zero-order valence-electron chi connectivity index (χ0n) is 13.0. The Kier molecular flexibility index (Phi) is 5.34. The largest absolute Gasteiger partial charge is 0.444 e. The number of rotatable bonds is 1. The van der Waals surface area contributed by atoms with E-state index in [-0.39, 0.29) is 0 Å². The first-order valence-corrected chi connectivity index (χ1v) is 6.40. The smallest absolute Gasteiger partial charge is 0.413 e. The van der Waals surface area contributed by atoms with E-state index in [0.717, 1.165) is 0 Å². The number of amides is 1. The highest BCUT2D eigenvalue weighted by atomic mass is 16.6. The fourth-order valence-corrected chi connectivity index (χ4v) is 1.32. The van der Waals surface area contributed by atoms with Gasteiger partial charge >= 0.3 is 6.09 Å². The van der Waals surface area contributed by atoms with Crippen molar-refractivity contribution in [1.82, 2.24) is 19.6 Å². The predicted octanol–water partition coefficient (Wildman–Crippen LogP) is 1.77. The summed E-state index contributed by atoms with van der Waals surface area (Å²) in [4.78, 5) is 11.3. The summed E-state index contributed by atoms with van der Waals surface area (Å²) >= 11 is 0. The summed E-state index contributed by atoms with van der Waals surface area (Å²) in [6.07, 6.45) is 3.05. The molecule has 2 heterocycles. The van der Waals surface area contributed by atoms with Crippen molar-refractivity contribution < 1.29 is 9.53 Å². The minimum absolute atomic E-state index is 0.487. The molecule has 1 amide bonds. The number of nitrogen functional groups attached to an aromatic ring is 1. The van der Waals surface area contributed by atoms with Crippen molar-refractivity contribution in [1.29, 1.82) is 0 Å². The van der Waals surface area contributed by atoms with Crippen molar-refractivity contribution in [2.24, 2.45) is 14.1 Å². The van der Waals surface area contributed by atoms with Crippen LogP contribution in [0.15, 0.2) is 24.5 Å². The molecule has 21 heavy (non-hydrogen) atoms. The van der Waals surface area contributed by atoms with Gasteiger partial charge in [-0.1, -0.05) is 0 Å². The molecule has 0 fully saturated rings. The summed E-state index contributed by atoms with van der Waals surface area (Å²) in [5, 5.41) is 10.3. The molecule has 0 unspecified atom stereocenters. The molecule has 2 aromatic heterocycles. The highest BCUT2D eigenvalue weighted by molar-refractivity contribution is 5.83. The summed E-state index contributed by atoms with van der Waals surface area (Å²) < 4.78 is 8.32. The third-order valence-corrected chi connectivity index (χ3v) is 2.08. The van der Waals surface area contributed by atoms with Crippen molar-refractivity contribution in [3.8, 4) is 0 Å². The number of nitrogens with one attached hydrogen (secondary N) is 1. The van der Waals surface area contributed by atoms with Gasteiger partial charge in [0.15, 0.2) is 5.82 Å². The molecule has 2 rings (SSSR count). The quantitative estimate of drug-likeness (QED) is 0.835. The van der Waals surface area contributed by atoms with Crippen molar-refractivity contribution in [2.75, 3.05) is 11.1 Å². The molecule has 0 radical (unpaired) electrons. The predicted molar refractivity (Wildman–Crippen MR) is 80.7 cm³/mol. The molecular weight excluding hydrogens is 272 g/mol. The lowest BCUT2D eigenvalue weighted by Gasteiger charge is -2.18. The Morgan fingerprint density at radius 3 is 2.10 bits per heavy atom. The molecule has 0 aromatic carbocycles. The van der Waals surface area contributed by atoms with Crippen molar-refractivity contribution in [3.63, 3.8) is 0 Å². The van der Waals surface area contributed by atoms with E-state index >= 15 is 0 Å². The number of aryl methyl sites for hydroxylation is 2. The zero-order chi connectivity index (χ0) is 16.0. The number of anilines is 2. The number of nitrogens with two attached hydrogens (primary N) is 1. The third-order valence-electron chi connectivity index (χ3n) is 2.08. The summed E-state index contributed by atoms with van der Waals surface area (Å²) in [6.45, 7) is 5.43. The second-order valence-corrected chi connectivity index (χ2v) is 5.42. The second kappa shape index (κ2) is 6.78. The van der Waals surface area contributed by atoms with E-state index in [1.807, 2.05) is 27.8 Å². The van der Waals surface area contributed by atoms with Crippen molar-refractivity contribution >= 4 is 17.7 Å². The third kappa shape index (κ3) is 7.00. The SMILES string of the molecule is Cn1ccc(N)n1.Cn1ccc(NC(=O)OC(C)(C)C)n1. The Balaban J connectivity index is 0.000000262. The Morgan fingerprint density at radius 1 is 1.19 bits per heavy atom. The molecule has 3 N–H and O–H groups in total. The highest BCUT2D eigenvalue weighted by Crippen LogP contribution is 2.09. The zero-order valence-corrected chi connectivity index (χ0v) is 13.0. The Labute approximate surface area is 123 Å². The number of carbonyl (C=O) groups excluding carboxylic acids is 1. The Hall–Kier alpha value is -2.51. The first-order valence-electron chi connectivity index (χ1n) is 6.40. The maximum atomic E-state index is 11.3. The van der Waals surface area contributed by atoms with Gasteiger partial charge in [-0.25, -0.2) is 4.79 Å². The van der Waals surface area contributed by atoms with Crippen LogP contribution in [0.3, 0.4) is 0 Å². The van der Waals surface area contributed by atoms with Crippen LogP contribution in [0.25, 0.3) is 0 Å². The number of ether oxygens (including phenoxy) is 1. The van der Waals surface area contributed by atoms with E-state index in [9.17, 15) is 4.79 Å². The first-order chi connectivity index (χ1) is 9.65. The van der Waals surface area contributed by atoms with Gasteiger partial charge < -0.3 is 10.5 Å². The molecule has 0 aliphatic carbocycles. The van der Waals surface area contributed by atoms with Crippen LogP contribution in [-0.4, -0.2) is 31.3 Å². The molecule has 0 saturated heterocycles. The summed E-state index contributed by atoms with van der Waals surface area (Å²) in [7, 11) is 3.61. The normalized spacial score (nSPS) is 10.5. The van der Waals surface area contributed by atoms with Crippen LogP contribution in [0.2, 0.25) is 0 Å². The van der Waals surface area contributed by atoms with Gasteiger partial charge in [-0.15, -0.1) is 0 Å². The highest BCUT2D eigenvalue weighted by Gasteiger charge is 2.16. The van der Waals surface area contributed by atoms with Crippen LogP contribution < -0.4 is 11.1 Å². The van der Waals surface area contributed by atoms with Gasteiger partial charge in [0.25, 0.3) is 0 Å². The lowest BCUT2D eigenvalue weighted by atomic mass is 10.2.